The maximum atomic E-state index is 9.19. The first-order valence-corrected chi connectivity index (χ1v) is 5.02. The van der Waals surface area contributed by atoms with E-state index in [4.69, 9.17) is 5.11 Å². The standard InChI is InChI=1S/C11H13N3O2/c15-7-10-11(8-16)14(13-12-10)6-9-4-2-1-3-5-9/h1-5,15-16H,6-8H2. The summed E-state index contributed by atoms with van der Waals surface area (Å²) in [5.41, 5.74) is 2.07. The van der Waals surface area contributed by atoms with Crippen LogP contribution in [0.25, 0.3) is 0 Å². The quantitative estimate of drug-likeness (QED) is 0.776. The monoisotopic (exact) mass is 219 g/mol. The predicted molar refractivity (Wildman–Crippen MR) is 57.4 cm³/mol. The Morgan fingerprint density at radius 2 is 1.81 bits per heavy atom. The Balaban J connectivity index is 2.25. The summed E-state index contributed by atoms with van der Waals surface area (Å²) in [6.45, 7) is 0.171. The van der Waals surface area contributed by atoms with Crippen LogP contribution in [0, 0.1) is 0 Å². The van der Waals surface area contributed by atoms with Crippen molar-refractivity contribution in [2.24, 2.45) is 0 Å². The molecule has 0 fully saturated rings. The van der Waals surface area contributed by atoms with Gasteiger partial charge in [0.2, 0.25) is 0 Å². The average molecular weight is 219 g/mol. The van der Waals surface area contributed by atoms with Gasteiger partial charge in [-0.2, -0.15) is 0 Å². The lowest BCUT2D eigenvalue weighted by atomic mass is 10.2. The highest BCUT2D eigenvalue weighted by Gasteiger charge is 2.10. The molecule has 0 atom stereocenters. The molecule has 0 aliphatic carbocycles. The second-order valence-corrected chi connectivity index (χ2v) is 3.44. The molecule has 0 aliphatic heterocycles. The van der Waals surface area contributed by atoms with Gasteiger partial charge in [0.25, 0.3) is 0 Å². The number of aliphatic hydroxyl groups is 2. The smallest absolute Gasteiger partial charge is 0.114 e. The highest BCUT2D eigenvalue weighted by Crippen LogP contribution is 2.08. The largest absolute Gasteiger partial charge is 0.390 e. The van der Waals surface area contributed by atoms with Gasteiger partial charge >= 0.3 is 0 Å². The molecule has 0 saturated carbocycles. The van der Waals surface area contributed by atoms with Gasteiger partial charge in [0.15, 0.2) is 0 Å². The van der Waals surface area contributed by atoms with Gasteiger partial charge in [0, 0.05) is 0 Å². The van der Waals surface area contributed by atoms with Gasteiger partial charge in [-0.15, -0.1) is 5.10 Å². The fraction of sp³-hybridized carbons (Fsp3) is 0.273. The molecule has 0 radical (unpaired) electrons. The van der Waals surface area contributed by atoms with E-state index in [0.717, 1.165) is 5.56 Å². The molecule has 5 heteroatoms. The van der Waals surface area contributed by atoms with Gasteiger partial charge in [-0.25, -0.2) is 4.68 Å². The van der Waals surface area contributed by atoms with E-state index in [0.29, 0.717) is 17.9 Å². The normalized spacial score (nSPS) is 10.6. The van der Waals surface area contributed by atoms with Crippen molar-refractivity contribution in [3.05, 3.63) is 47.3 Å². The van der Waals surface area contributed by atoms with E-state index in [1.165, 1.54) is 0 Å². The predicted octanol–water partition coefficient (Wildman–Crippen LogP) is 0.311. The highest BCUT2D eigenvalue weighted by atomic mass is 16.3. The lowest BCUT2D eigenvalue weighted by Gasteiger charge is -2.04. The minimum atomic E-state index is -0.204. The van der Waals surface area contributed by atoms with E-state index < -0.39 is 0 Å². The fourth-order valence-corrected chi connectivity index (χ4v) is 1.55. The van der Waals surface area contributed by atoms with Crippen LogP contribution in [0.4, 0.5) is 0 Å². The Morgan fingerprint density at radius 1 is 1.06 bits per heavy atom. The second kappa shape index (κ2) is 4.87. The maximum absolute atomic E-state index is 9.19. The molecule has 0 saturated heterocycles. The molecule has 0 unspecified atom stereocenters. The number of benzene rings is 1. The van der Waals surface area contributed by atoms with Gasteiger partial charge in [-0.05, 0) is 5.56 Å². The van der Waals surface area contributed by atoms with Crippen molar-refractivity contribution in [2.45, 2.75) is 19.8 Å². The van der Waals surface area contributed by atoms with Crippen LogP contribution in [-0.4, -0.2) is 25.2 Å². The van der Waals surface area contributed by atoms with E-state index in [1.807, 2.05) is 30.3 Å². The van der Waals surface area contributed by atoms with Crippen molar-refractivity contribution in [3.8, 4) is 0 Å². The Hall–Kier alpha value is -1.72. The zero-order valence-corrected chi connectivity index (χ0v) is 8.74. The van der Waals surface area contributed by atoms with Crippen molar-refractivity contribution < 1.29 is 10.2 Å². The summed E-state index contributed by atoms with van der Waals surface area (Å²) in [5.74, 6) is 0. The molecule has 0 spiro atoms. The Kier molecular flexibility index (Phi) is 3.28. The zero-order valence-electron chi connectivity index (χ0n) is 8.74. The average Bonchev–Trinajstić information content (AvgIpc) is 2.72. The third-order valence-corrected chi connectivity index (χ3v) is 2.39. The van der Waals surface area contributed by atoms with Gasteiger partial charge in [0.05, 0.1) is 25.5 Å². The second-order valence-electron chi connectivity index (χ2n) is 3.44. The van der Waals surface area contributed by atoms with Crippen molar-refractivity contribution in [1.82, 2.24) is 15.0 Å². The number of hydrogen-bond donors (Lipinski definition) is 2. The summed E-state index contributed by atoms with van der Waals surface area (Å²) in [7, 11) is 0. The molecule has 2 N–H and O–H groups in total. The molecule has 0 bridgehead atoms. The lowest BCUT2D eigenvalue weighted by Crippen LogP contribution is -2.07. The number of aliphatic hydroxyl groups excluding tert-OH is 2. The molecule has 5 nitrogen and oxygen atoms in total. The van der Waals surface area contributed by atoms with Gasteiger partial charge in [-0.1, -0.05) is 35.5 Å². The molecule has 0 amide bonds. The van der Waals surface area contributed by atoms with E-state index in [1.54, 1.807) is 4.68 Å². The van der Waals surface area contributed by atoms with Crippen LogP contribution >= 0.6 is 0 Å². The summed E-state index contributed by atoms with van der Waals surface area (Å²) in [6.07, 6.45) is 0. The van der Waals surface area contributed by atoms with Gasteiger partial charge < -0.3 is 10.2 Å². The minimum Gasteiger partial charge on any atom is -0.390 e. The summed E-state index contributed by atoms with van der Waals surface area (Å²) >= 11 is 0. The lowest BCUT2D eigenvalue weighted by molar-refractivity contribution is 0.250. The SMILES string of the molecule is OCc1nnn(Cc2ccccc2)c1CO. The summed E-state index contributed by atoms with van der Waals surface area (Å²) in [6, 6.07) is 9.77. The third kappa shape index (κ3) is 2.10. The van der Waals surface area contributed by atoms with E-state index >= 15 is 0 Å². The van der Waals surface area contributed by atoms with Crippen molar-refractivity contribution in [2.75, 3.05) is 0 Å². The van der Waals surface area contributed by atoms with Gasteiger partial charge in [0.1, 0.15) is 5.69 Å². The fourth-order valence-electron chi connectivity index (χ4n) is 1.55. The first kappa shape index (κ1) is 10.8. The minimum absolute atomic E-state index is 0.171. The van der Waals surface area contributed by atoms with Crippen molar-refractivity contribution in [1.29, 1.82) is 0 Å². The van der Waals surface area contributed by atoms with Gasteiger partial charge in [-0.3, -0.25) is 0 Å². The molecular formula is C11H13N3O2. The third-order valence-electron chi connectivity index (χ3n) is 2.39. The van der Waals surface area contributed by atoms with Crippen LogP contribution in [0.1, 0.15) is 17.0 Å². The van der Waals surface area contributed by atoms with Crippen LogP contribution in [0.5, 0.6) is 0 Å². The molecule has 2 rings (SSSR count). The van der Waals surface area contributed by atoms with Crippen LogP contribution < -0.4 is 0 Å². The topological polar surface area (TPSA) is 71.2 Å². The summed E-state index contributed by atoms with van der Waals surface area (Å²) in [5, 5.41) is 25.9. The first-order chi connectivity index (χ1) is 7.85. The van der Waals surface area contributed by atoms with Crippen molar-refractivity contribution >= 4 is 0 Å². The molecule has 2 aromatic rings. The van der Waals surface area contributed by atoms with E-state index in [-0.39, 0.29) is 13.2 Å². The van der Waals surface area contributed by atoms with Crippen LogP contribution in [0.2, 0.25) is 0 Å². The number of hydrogen-bond acceptors (Lipinski definition) is 4. The number of rotatable bonds is 4. The molecule has 1 aromatic heterocycles. The van der Waals surface area contributed by atoms with E-state index in [2.05, 4.69) is 10.3 Å². The molecule has 1 heterocycles. The molecular weight excluding hydrogens is 206 g/mol. The molecule has 84 valence electrons. The van der Waals surface area contributed by atoms with Crippen molar-refractivity contribution in [3.63, 3.8) is 0 Å². The highest BCUT2D eigenvalue weighted by molar-refractivity contribution is 5.16. The molecule has 1 aromatic carbocycles. The zero-order chi connectivity index (χ0) is 11.4. The van der Waals surface area contributed by atoms with E-state index in [9.17, 15) is 5.11 Å². The Morgan fingerprint density at radius 3 is 2.44 bits per heavy atom. The van der Waals surface area contributed by atoms with Crippen LogP contribution in [0.15, 0.2) is 30.3 Å². The van der Waals surface area contributed by atoms with Crippen LogP contribution in [0.3, 0.4) is 0 Å². The number of aromatic nitrogens is 3. The Bertz CT molecular complexity index is 454. The summed E-state index contributed by atoms with van der Waals surface area (Å²) in [4.78, 5) is 0. The first-order valence-electron chi connectivity index (χ1n) is 5.02. The molecule has 0 aliphatic rings. The molecule has 16 heavy (non-hydrogen) atoms. The Labute approximate surface area is 93.0 Å². The van der Waals surface area contributed by atoms with Crippen LogP contribution in [-0.2, 0) is 19.8 Å². The number of nitrogens with zero attached hydrogens (tertiary/aromatic N) is 3. The summed E-state index contributed by atoms with van der Waals surface area (Å²) < 4.78 is 1.60. The maximum Gasteiger partial charge on any atom is 0.114 e.